The van der Waals surface area contributed by atoms with Crippen LogP contribution in [0.3, 0.4) is 0 Å². The van der Waals surface area contributed by atoms with Crippen LogP contribution in [0.15, 0.2) is 16.6 Å². The summed E-state index contributed by atoms with van der Waals surface area (Å²) in [7, 11) is 1.87. The number of imidazole rings is 1. The van der Waals surface area contributed by atoms with Crippen LogP contribution in [0.4, 0.5) is 5.82 Å². The van der Waals surface area contributed by atoms with E-state index in [0.717, 1.165) is 0 Å². The van der Waals surface area contributed by atoms with Crippen molar-refractivity contribution in [2.75, 3.05) is 33.0 Å². The maximum absolute atomic E-state index is 12.5. The van der Waals surface area contributed by atoms with Gasteiger partial charge in [0, 0.05) is 31.2 Å². The van der Waals surface area contributed by atoms with Gasteiger partial charge in [0.2, 0.25) is 0 Å². The van der Waals surface area contributed by atoms with Crippen LogP contribution in [-0.4, -0.2) is 56.4 Å². The normalized spacial score (nSPS) is 14.1. The first-order valence-electron chi connectivity index (χ1n) is 6.16. The molecule has 0 bridgehead atoms. The van der Waals surface area contributed by atoms with E-state index in [0.29, 0.717) is 17.3 Å². The van der Waals surface area contributed by atoms with Crippen molar-refractivity contribution < 1.29 is 8.42 Å². The number of likely N-dealkylation sites (N-methyl/N-ethyl adjacent to an activating group) is 1. The molecule has 0 saturated carbocycles. The summed E-state index contributed by atoms with van der Waals surface area (Å²) in [5.74, 6) is 0.363. The largest absolute Gasteiger partial charge is 0.371 e. The van der Waals surface area contributed by atoms with Gasteiger partial charge in [-0.1, -0.05) is 0 Å². The zero-order valence-corrected chi connectivity index (χ0v) is 13.5. The lowest BCUT2D eigenvalue weighted by atomic mass is 10.3. The summed E-state index contributed by atoms with van der Waals surface area (Å²) >= 11 is 1.39. The third-order valence-electron chi connectivity index (χ3n) is 3.16. The zero-order valence-electron chi connectivity index (χ0n) is 11.9. The Hall–Kier alpha value is -1.16. The van der Waals surface area contributed by atoms with E-state index in [1.807, 2.05) is 31.3 Å². The summed E-state index contributed by atoms with van der Waals surface area (Å²) in [5, 5.41) is 4.80. The number of anilines is 1. The standard InChI is InChI=1S/C11H19N5O2S2/c1-8(15(3)4)7-13-20(17,18)10-9(12-2)14-11-16(10)5-6-19-11/h5-6,8,12-13H,7H2,1-4H3. The van der Waals surface area contributed by atoms with Gasteiger partial charge in [-0.2, -0.15) is 0 Å². The second-order valence-electron chi connectivity index (χ2n) is 4.74. The van der Waals surface area contributed by atoms with Gasteiger partial charge < -0.3 is 10.2 Å². The van der Waals surface area contributed by atoms with Crippen molar-refractivity contribution in [2.45, 2.75) is 18.0 Å². The van der Waals surface area contributed by atoms with Crippen LogP contribution in [0.25, 0.3) is 4.96 Å². The molecule has 0 saturated heterocycles. The van der Waals surface area contributed by atoms with Crippen LogP contribution in [0.2, 0.25) is 0 Å². The predicted molar refractivity (Wildman–Crippen MR) is 81.0 cm³/mol. The number of nitrogens with one attached hydrogen (secondary N) is 2. The molecule has 1 atom stereocenters. The van der Waals surface area contributed by atoms with Gasteiger partial charge >= 0.3 is 0 Å². The molecule has 0 fully saturated rings. The smallest absolute Gasteiger partial charge is 0.260 e. The molecule has 2 heterocycles. The van der Waals surface area contributed by atoms with Crippen molar-refractivity contribution in [1.29, 1.82) is 0 Å². The van der Waals surface area contributed by atoms with Crippen molar-refractivity contribution >= 4 is 32.1 Å². The summed E-state index contributed by atoms with van der Waals surface area (Å²) in [6.07, 6.45) is 1.71. The summed E-state index contributed by atoms with van der Waals surface area (Å²) in [4.78, 5) is 6.87. The van der Waals surface area contributed by atoms with E-state index in [9.17, 15) is 8.42 Å². The highest BCUT2D eigenvalue weighted by Crippen LogP contribution is 2.25. The fraction of sp³-hybridized carbons (Fsp3) is 0.545. The fourth-order valence-corrected chi connectivity index (χ4v) is 3.84. The Morgan fingerprint density at radius 2 is 2.20 bits per heavy atom. The minimum absolute atomic E-state index is 0.105. The third-order valence-corrected chi connectivity index (χ3v) is 5.36. The second kappa shape index (κ2) is 5.68. The average Bonchev–Trinajstić information content (AvgIpc) is 2.94. The summed E-state index contributed by atoms with van der Waals surface area (Å²) in [6, 6.07) is 0.105. The predicted octanol–water partition coefficient (Wildman–Crippen LogP) is 0.666. The van der Waals surface area contributed by atoms with Gasteiger partial charge in [0.25, 0.3) is 10.0 Å². The summed E-state index contributed by atoms with van der Waals surface area (Å²) < 4.78 is 29.2. The van der Waals surface area contributed by atoms with E-state index in [-0.39, 0.29) is 11.1 Å². The van der Waals surface area contributed by atoms with Crippen LogP contribution < -0.4 is 10.0 Å². The molecular formula is C11H19N5O2S2. The molecule has 0 amide bonds. The molecule has 2 rings (SSSR count). The zero-order chi connectivity index (χ0) is 14.9. The van der Waals surface area contributed by atoms with Crippen LogP contribution in [0, 0.1) is 0 Å². The van der Waals surface area contributed by atoms with Crippen molar-refractivity contribution in [2.24, 2.45) is 0 Å². The number of thiazole rings is 1. The van der Waals surface area contributed by atoms with E-state index < -0.39 is 10.0 Å². The van der Waals surface area contributed by atoms with Gasteiger partial charge in [-0.05, 0) is 21.0 Å². The maximum Gasteiger partial charge on any atom is 0.260 e. The molecule has 0 aromatic carbocycles. The van der Waals surface area contributed by atoms with E-state index >= 15 is 0 Å². The van der Waals surface area contributed by atoms with Crippen LogP contribution in [-0.2, 0) is 10.0 Å². The highest BCUT2D eigenvalue weighted by atomic mass is 32.2. The molecule has 0 aliphatic rings. The molecule has 1 unspecified atom stereocenters. The van der Waals surface area contributed by atoms with E-state index in [2.05, 4.69) is 15.0 Å². The Labute approximate surface area is 122 Å². The first-order chi connectivity index (χ1) is 9.36. The molecule has 2 aromatic heterocycles. The van der Waals surface area contributed by atoms with Gasteiger partial charge in [0.1, 0.15) is 0 Å². The van der Waals surface area contributed by atoms with Crippen molar-refractivity contribution in [3.63, 3.8) is 0 Å². The molecule has 0 radical (unpaired) electrons. The van der Waals surface area contributed by atoms with Crippen LogP contribution >= 0.6 is 11.3 Å². The molecule has 20 heavy (non-hydrogen) atoms. The van der Waals surface area contributed by atoms with Gasteiger partial charge in [-0.25, -0.2) is 18.1 Å². The number of nitrogens with zero attached hydrogens (tertiary/aromatic N) is 3. The Bertz CT molecular complexity index is 689. The highest BCUT2D eigenvalue weighted by Gasteiger charge is 2.25. The number of rotatable bonds is 6. The quantitative estimate of drug-likeness (QED) is 0.818. The Morgan fingerprint density at radius 3 is 2.80 bits per heavy atom. The van der Waals surface area contributed by atoms with Crippen LogP contribution in [0.1, 0.15) is 6.92 Å². The molecule has 0 spiro atoms. The Morgan fingerprint density at radius 1 is 1.50 bits per heavy atom. The minimum Gasteiger partial charge on any atom is -0.371 e. The van der Waals surface area contributed by atoms with Gasteiger partial charge in [-0.3, -0.25) is 4.40 Å². The maximum atomic E-state index is 12.5. The highest BCUT2D eigenvalue weighted by molar-refractivity contribution is 7.89. The lowest BCUT2D eigenvalue weighted by molar-refractivity contribution is 0.314. The number of hydrogen-bond acceptors (Lipinski definition) is 6. The second-order valence-corrected chi connectivity index (χ2v) is 7.29. The monoisotopic (exact) mass is 317 g/mol. The SMILES string of the molecule is CNc1nc2sccn2c1S(=O)(=O)NCC(C)N(C)C. The summed E-state index contributed by atoms with van der Waals surface area (Å²) in [6.45, 7) is 2.30. The Kier molecular flexibility index (Phi) is 4.33. The molecule has 2 N–H and O–H groups in total. The first-order valence-corrected chi connectivity index (χ1v) is 8.52. The van der Waals surface area contributed by atoms with Gasteiger partial charge in [-0.15, -0.1) is 11.3 Å². The summed E-state index contributed by atoms with van der Waals surface area (Å²) in [5.41, 5.74) is 0. The molecule has 2 aromatic rings. The van der Waals surface area contributed by atoms with Crippen LogP contribution in [0.5, 0.6) is 0 Å². The first kappa shape index (κ1) is 15.2. The van der Waals surface area contributed by atoms with Crippen molar-refractivity contribution in [3.05, 3.63) is 11.6 Å². The van der Waals surface area contributed by atoms with Crippen molar-refractivity contribution in [3.8, 4) is 0 Å². The Balaban J connectivity index is 2.33. The molecular weight excluding hydrogens is 298 g/mol. The fourth-order valence-electron chi connectivity index (χ4n) is 1.67. The molecule has 0 aliphatic carbocycles. The number of fused-ring (bicyclic) bond motifs is 1. The number of hydrogen-bond donors (Lipinski definition) is 2. The van der Waals surface area contributed by atoms with Gasteiger partial charge in [0.05, 0.1) is 0 Å². The van der Waals surface area contributed by atoms with Crippen molar-refractivity contribution in [1.82, 2.24) is 19.0 Å². The lowest BCUT2D eigenvalue weighted by Crippen LogP contribution is -2.38. The lowest BCUT2D eigenvalue weighted by Gasteiger charge is -2.19. The van der Waals surface area contributed by atoms with E-state index in [1.165, 1.54) is 11.3 Å². The van der Waals surface area contributed by atoms with E-state index in [1.54, 1.807) is 17.6 Å². The average molecular weight is 317 g/mol. The van der Waals surface area contributed by atoms with E-state index in [4.69, 9.17) is 0 Å². The minimum atomic E-state index is -3.62. The molecule has 9 heteroatoms. The number of sulfonamides is 1. The van der Waals surface area contributed by atoms with Gasteiger partial charge in [0.15, 0.2) is 15.8 Å². The molecule has 0 aliphatic heterocycles. The number of aromatic nitrogens is 2. The molecule has 112 valence electrons. The third kappa shape index (κ3) is 2.80. The molecule has 7 nitrogen and oxygen atoms in total. The topological polar surface area (TPSA) is 78.7 Å².